The monoisotopic (exact) mass is 481 g/mol. The van der Waals surface area contributed by atoms with Gasteiger partial charge in [-0.2, -0.15) is 0 Å². The summed E-state index contributed by atoms with van der Waals surface area (Å²) in [5.41, 5.74) is 3.68. The van der Waals surface area contributed by atoms with Gasteiger partial charge in [0.1, 0.15) is 0 Å². The summed E-state index contributed by atoms with van der Waals surface area (Å²) in [4.78, 5) is 0. The molecule has 3 heteroatoms. The molecule has 0 atom stereocenters. The fourth-order valence-corrected chi connectivity index (χ4v) is 10.5. The van der Waals surface area contributed by atoms with Crippen LogP contribution in [0.1, 0.15) is 117 Å². The first kappa shape index (κ1) is 26.4. The van der Waals surface area contributed by atoms with E-state index in [1.807, 2.05) is 0 Å². The Bertz CT molecular complexity index is 226. The summed E-state index contributed by atoms with van der Waals surface area (Å²) in [6, 6.07) is 0. The molecular formula is C22H45ClPPd+. The van der Waals surface area contributed by atoms with E-state index in [0.29, 0.717) is 0 Å². The molecule has 3 aliphatic rings. The Kier molecular flexibility index (Phi) is 18.4. The summed E-state index contributed by atoms with van der Waals surface area (Å²) in [5, 5.41) is 0. The van der Waals surface area contributed by atoms with Crippen LogP contribution in [0.2, 0.25) is 0 Å². The SMILES string of the molecule is C1CCC([PH+](C2CCCCC2)C2CCCCC2)CC1.CCC.[CH3-].[Cl][Pd+]. The molecule has 0 radical (unpaired) electrons. The molecule has 0 aliphatic heterocycles. The summed E-state index contributed by atoms with van der Waals surface area (Å²) < 4.78 is 0. The predicted molar refractivity (Wildman–Crippen MR) is 117 cm³/mol. The van der Waals surface area contributed by atoms with Crippen molar-refractivity contribution >= 4 is 17.5 Å². The van der Waals surface area contributed by atoms with Gasteiger partial charge in [0.15, 0.2) is 0 Å². The van der Waals surface area contributed by atoms with Gasteiger partial charge in [0.05, 0.1) is 17.0 Å². The first-order chi connectivity index (χ1) is 11.9. The zero-order chi connectivity index (χ0) is 17.6. The number of hydrogen-bond acceptors (Lipinski definition) is 0. The van der Waals surface area contributed by atoms with Gasteiger partial charge in [0.2, 0.25) is 0 Å². The number of hydrogen-bond donors (Lipinski definition) is 0. The molecule has 0 aromatic carbocycles. The molecule has 0 aromatic heterocycles. The molecule has 0 aromatic rings. The number of rotatable bonds is 3. The van der Waals surface area contributed by atoms with Gasteiger partial charge < -0.3 is 7.43 Å². The quantitative estimate of drug-likeness (QED) is 0.214. The van der Waals surface area contributed by atoms with E-state index < -0.39 is 0 Å². The zero-order valence-corrected chi connectivity index (χ0v) is 20.6. The van der Waals surface area contributed by atoms with Gasteiger partial charge in [0.25, 0.3) is 0 Å². The summed E-state index contributed by atoms with van der Waals surface area (Å²) >= 11 is 2.22. The Morgan fingerprint density at radius 2 is 0.800 bits per heavy atom. The first-order valence-corrected chi connectivity index (χ1v) is 14.6. The third kappa shape index (κ3) is 9.93. The van der Waals surface area contributed by atoms with E-state index in [2.05, 4.69) is 41.6 Å². The maximum absolute atomic E-state index is 4.49. The molecule has 154 valence electrons. The molecule has 3 fully saturated rings. The summed E-state index contributed by atoms with van der Waals surface area (Å²) in [7, 11) is 4.44. The van der Waals surface area contributed by atoms with Crippen LogP contribution in [0.5, 0.6) is 0 Å². The Labute approximate surface area is 176 Å². The molecule has 0 amide bonds. The molecule has 0 unspecified atom stereocenters. The van der Waals surface area contributed by atoms with E-state index in [1.165, 1.54) is 23.4 Å². The van der Waals surface area contributed by atoms with Gasteiger partial charge >= 0.3 is 27.7 Å². The van der Waals surface area contributed by atoms with Crippen molar-refractivity contribution in [3.05, 3.63) is 7.43 Å². The molecule has 0 bridgehead atoms. The fourth-order valence-electron chi connectivity index (χ4n) is 5.31. The number of halogens is 1. The third-order valence-corrected chi connectivity index (χ3v) is 10.8. The minimum absolute atomic E-state index is 0. The van der Waals surface area contributed by atoms with Gasteiger partial charge in [-0.15, -0.1) is 0 Å². The van der Waals surface area contributed by atoms with Crippen LogP contribution in [0, 0.1) is 7.43 Å². The maximum atomic E-state index is 4.49. The van der Waals surface area contributed by atoms with Crippen LogP contribution in [0.3, 0.4) is 0 Å². The van der Waals surface area contributed by atoms with Crippen LogP contribution in [0.15, 0.2) is 0 Å². The van der Waals surface area contributed by atoms with Crippen LogP contribution in [-0.4, -0.2) is 17.0 Å². The normalized spacial score (nSPS) is 23.0. The van der Waals surface area contributed by atoms with Crippen molar-refractivity contribution in [1.29, 1.82) is 0 Å². The van der Waals surface area contributed by atoms with Gasteiger partial charge in [-0.05, 0) is 77.0 Å². The molecule has 0 heterocycles. The van der Waals surface area contributed by atoms with E-state index >= 15 is 0 Å². The molecule has 3 saturated carbocycles. The molecule has 3 rings (SSSR count). The summed E-state index contributed by atoms with van der Waals surface area (Å²) in [6.45, 7) is 4.25. The molecule has 0 N–H and O–H groups in total. The zero-order valence-electron chi connectivity index (χ0n) is 17.2. The van der Waals surface area contributed by atoms with Crippen LogP contribution in [0.25, 0.3) is 0 Å². The predicted octanol–water partition coefficient (Wildman–Crippen LogP) is 8.75. The average molecular weight is 482 g/mol. The van der Waals surface area contributed by atoms with Gasteiger partial charge in [-0.3, -0.25) is 0 Å². The van der Waals surface area contributed by atoms with Crippen molar-refractivity contribution in [3.63, 3.8) is 0 Å². The van der Waals surface area contributed by atoms with E-state index in [-0.39, 0.29) is 15.3 Å². The first-order valence-electron chi connectivity index (χ1n) is 10.8. The molecule has 0 spiro atoms. The van der Waals surface area contributed by atoms with Crippen molar-refractivity contribution in [2.45, 2.75) is 134 Å². The van der Waals surface area contributed by atoms with Crippen LogP contribution >= 0.6 is 17.5 Å². The van der Waals surface area contributed by atoms with E-state index in [4.69, 9.17) is 0 Å². The van der Waals surface area contributed by atoms with Crippen molar-refractivity contribution < 1.29 is 18.2 Å². The van der Waals surface area contributed by atoms with E-state index in [1.54, 1.807) is 96.3 Å². The van der Waals surface area contributed by atoms with Gasteiger partial charge in [0, 0.05) is 7.92 Å². The van der Waals surface area contributed by atoms with Crippen LogP contribution < -0.4 is 0 Å². The average Bonchev–Trinajstić information content (AvgIpc) is 2.67. The van der Waals surface area contributed by atoms with E-state index in [0.717, 1.165) is 0 Å². The van der Waals surface area contributed by atoms with Crippen molar-refractivity contribution in [2.75, 3.05) is 0 Å². The van der Waals surface area contributed by atoms with Crippen molar-refractivity contribution in [1.82, 2.24) is 0 Å². The fraction of sp³-hybridized carbons (Fsp3) is 0.955. The molecule has 0 saturated heterocycles. The Morgan fingerprint density at radius 3 is 1.00 bits per heavy atom. The third-order valence-electron chi connectivity index (χ3n) is 6.23. The van der Waals surface area contributed by atoms with Crippen molar-refractivity contribution in [2.24, 2.45) is 0 Å². The summed E-state index contributed by atoms with van der Waals surface area (Å²) in [5.74, 6) is 0. The minimum atomic E-state index is -0.0465. The standard InChI is InChI=1S/C18H33P.C3H8.CH3.ClH.Pd/c1-4-10-16(11-5-1)19(17-12-6-2-7-13-17)18-14-8-3-9-15-18;1-3-2;;;/h16-18H,1-15H2;3H2,1-2H3;1H3;1H;/q;;-1;;+2. The molecular weight excluding hydrogens is 437 g/mol. The van der Waals surface area contributed by atoms with E-state index in [9.17, 15) is 0 Å². The van der Waals surface area contributed by atoms with Gasteiger partial charge in [-0.25, -0.2) is 0 Å². The second-order valence-corrected chi connectivity index (χ2v) is 11.7. The Morgan fingerprint density at radius 1 is 0.600 bits per heavy atom. The second kappa shape index (κ2) is 17.5. The molecule has 25 heavy (non-hydrogen) atoms. The van der Waals surface area contributed by atoms with Crippen molar-refractivity contribution in [3.8, 4) is 0 Å². The van der Waals surface area contributed by atoms with Gasteiger partial charge in [-0.1, -0.05) is 39.5 Å². The Hall–Kier alpha value is 1.38. The van der Waals surface area contributed by atoms with Crippen LogP contribution in [-0.2, 0) is 18.2 Å². The van der Waals surface area contributed by atoms with Crippen LogP contribution in [0.4, 0.5) is 0 Å². The molecule has 3 aliphatic carbocycles. The molecule has 0 nitrogen and oxygen atoms in total. The summed E-state index contributed by atoms with van der Waals surface area (Å²) in [6.07, 6.45) is 25.0. The Balaban J connectivity index is 0.000000872. The second-order valence-electron chi connectivity index (χ2n) is 8.21. The topological polar surface area (TPSA) is 0 Å².